The van der Waals surface area contributed by atoms with E-state index in [0.717, 1.165) is 6.42 Å². The molecule has 0 bridgehead atoms. The van der Waals surface area contributed by atoms with Crippen molar-refractivity contribution >= 4 is 5.91 Å². The molecule has 0 radical (unpaired) electrons. The minimum Gasteiger partial charge on any atom is -0.387 e. The molecule has 1 aliphatic rings. The van der Waals surface area contributed by atoms with E-state index in [9.17, 15) is 4.79 Å². The Bertz CT molecular complexity index is 165. The summed E-state index contributed by atoms with van der Waals surface area (Å²) in [5, 5.41) is 8.61. The molecule has 0 spiro atoms. The van der Waals surface area contributed by atoms with Gasteiger partial charge in [-0.25, -0.2) is 0 Å². The molecule has 1 saturated heterocycles. The standard InChI is InChI=1S/C8H15NO3.H2/c1-7-2-3-9(4-5-12-7)8(11)6-10;/h7,10H,2-6H2,1H3;1H. The minimum atomic E-state index is -0.394. The smallest absolute Gasteiger partial charge is 0.248 e. The number of hydrogen-bond acceptors (Lipinski definition) is 3. The van der Waals surface area contributed by atoms with E-state index >= 15 is 0 Å². The first-order valence-corrected chi connectivity index (χ1v) is 4.24. The molecule has 4 nitrogen and oxygen atoms in total. The Labute approximate surface area is 73.6 Å². The van der Waals surface area contributed by atoms with E-state index in [1.807, 2.05) is 6.92 Å². The van der Waals surface area contributed by atoms with Crippen molar-refractivity contribution in [3.05, 3.63) is 0 Å². The number of hydrogen-bond donors (Lipinski definition) is 1. The van der Waals surface area contributed by atoms with Crippen molar-refractivity contribution in [3.63, 3.8) is 0 Å². The summed E-state index contributed by atoms with van der Waals surface area (Å²) >= 11 is 0. The first-order chi connectivity index (χ1) is 5.74. The zero-order valence-electron chi connectivity index (χ0n) is 7.32. The number of carbonyl (C=O) groups is 1. The molecule has 4 heteroatoms. The largest absolute Gasteiger partial charge is 0.387 e. The van der Waals surface area contributed by atoms with E-state index in [2.05, 4.69) is 0 Å². The molecule has 12 heavy (non-hydrogen) atoms. The van der Waals surface area contributed by atoms with Crippen molar-refractivity contribution in [2.75, 3.05) is 26.3 Å². The zero-order valence-corrected chi connectivity index (χ0v) is 7.32. The van der Waals surface area contributed by atoms with Gasteiger partial charge in [0.1, 0.15) is 6.61 Å². The van der Waals surface area contributed by atoms with Gasteiger partial charge in [0.25, 0.3) is 0 Å². The monoisotopic (exact) mass is 175 g/mol. The molecule has 0 aromatic carbocycles. The van der Waals surface area contributed by atoms with Crippen LogP contribution >= 0.6 is 0 Å². The molecule has 1 unspecified atom stereocenters. The van der Waals surface area contributed by atoms with Crippen LogP contribution in [0.15, 0.2) is 0 Å². The van der Waals surface area contributed by atoms with Gasteiger partial charge in [-0.1, -0.05) is 0 Å². The number of aliphatic hydroxyl groups is 1. The second-order valence-electron chi connectivity index (χ2n) is 3.01. The Kier molecular flexibility index (Phi) is 3.49. The van der Waals surface area contributed by atoms with Crippen molar-refractivity contribution in [1.29, 1.82) is 0 Å². The van der Waals surface area contributed by atoms with Crippen LogP contribution in [0.5, 0.6) is 0 Å². The number of aliphatic hydroxyl groups excluding tert-OH is 1. The molecule has 0 aliphatic carbocycles. The van der Waals surface area contributed by atoms with Gasteiger partial charge in [0, 0.05) is 14.5 Å². The molecule has 0 aromatic rings. The third-order valence-electron chi connectivity index (χ3n) is 2.06. The van der Waals surface area contributed by atoms with Crippen molar-refractivity contribution in [2.24, 2.45) is 0 Å². The van der Waals surface area contributed by atoms with Crippen molar-refractivity contribution < 1.29 is 16.1 Å². The fraction of sp³-hybridized carbons (Fsp3) is 0.875. The molecule has 72 valence electrons. The first-order valence-electron chi connectivity index (χ1n) is 4.24. The average molecular weight is 175 g/mol. The van der Waals surface area contributed by atoms with Crippen LogP contribution in [0, 0.1) is 0 Å². The van der Waals surface area contributed by atoms with Gasteiger partial charge in [-0.05, 0) is 13.3 Å². The average Bonchev–Trinajstić information content (AvgIpc) is 2.29. The maximum absolute atomic E-state index is 11.0. The van der Waals surface area contributed by atoms with Crippen molar-refractivity contribution in [2.45, 2.75) is 19.4 Å². The van der Waals surface area contributed by atoms with Gasteiger partial charge >= 0.3 is 0 Å². The van der Waals surface area contributed by atoms with Crippen LogP contribution in [0.3, 0.4) is 0 Å². The van der Waals surface area contributed by atoms with E-state index in [4.69, 9.17) is 9.84 Å². The maximum atomic E-state index is 11.0. The van der Waals surface area contributed by atoms with Gasteiger partial charge < -0.3 is 14.7 Å². The Balaban J connectivity index is 0.00000144. The molecular formula is C8H17NO3. The highest BCUT2D eigenvalue weighted by molar-refractivity contribution is 5.77. The third-order valence-corrected chi connectivity index (χ3v) is 2.06. The van der Waals surface area contributed by atoms with Crippen LogP contribution in [0.2, 0.25) is 0 Å². The fourth-order valence-corrected chi connectivity index (χ4v) is 1.25. The first kappa shape index (κ1) is 9.48. The van der Waals surface area contributed by atoms with Gasteiger partial charge in [-0.2, -0.15) is 0 Å². The highest BCUT2D eigenvalue weighted by atomic mass is 16.5. The molecule has 0 saturated carbocycles. The summed E-state index contributed by atoms with van der Waals surface area (Å²) in [6.45, 7) is 3.47. The molecule has 1 amide bonds. The predicted molar refractivity (Wildman–Crippen MR) is 45.8 cm³/mol. The van der Waals surface area contributed by atoms with E-state index in [1.165, 1.54) is 0 Å². The van der Waals surface area contributed by atoms with Crippen LogP contribution < -0.4 is 0 Å². The summed E-state index contributed by atoms with van der Waals surface area (Å²) < 4.78 is 5.35. The minimum absolute atomic E-state index is 0. The third kappa shape index (κ3) is 2.46. The number of carbonyl (C=O) groups excluding carboxylic acids is 1. The van der Waals surface area contributed by atoms with Crippen LogP contribution in [-0.4, -0.2) is 48.3 Å². The molecule has 1 fully saturated rings. The highest BCUT2D eigenvalue weighted by Gasteiger charge is 2.17. The molecular weight excluding hydrogens is 158 g/mol. The molecule has 1 N–H and O–H groups in total. The molecule has 1 rings (SSSR count). The lowest BCUT2D eigenvalue weighted by Crippen LogP contribution is -2.35. The molecule has 1 atom stereocenters. The Morgan fingerprint density at radius 2 is 2.50 bits per heavy atom. The lowest BCUT2D eigenvalue weighted by atomic mass is 10.3. The second kappa shape index (κ2) is 4.42. The number of ether oxygens (including phenoxy) is 1. The summed E-state index contributed by atoms with van der Waals surface area (Å²) in [4.78, 5) is 12.7. The van der Waals surface area contributed by atoms with Crippen LogP contribution in [-0.2, 0) is 9.53 Å². The van der Waals surface area contributed by atoms with Crippen molar-refractivity contribution in [3.8, 4) is 0 Å². The number of rotatable bonds is 1. The summed E-state index contributed by atoms with van der Waals surface area (Å²) in [5.41, 5.74) is 0. The fourth-order valence-electron chi connectivity index (χ4n) is 1.25. The normalized spacial score (nSPS) is 25.2. The van der Waals surface area contributed by atoms with E-state index in [0.29, 0.717) is 19.7 Å². The predicted octanol–water partition coefficient (Wildman–Crippen LogP) is -0.138. The quantitative estimate of drug-likeness (QED) is 0.603. The highest BCUT2D eigenvalue weighted by Crippen LogP contribution is 2.05. The lowest BCUT2D eigenvalue weighted by molar-refractivity contribution is -0.134. The Morgan fingerprint density at radius 3 is 3.17 bits per heavy atom. The van der Waals surface area contributed by atoms with Gasteiger partial charge in [0.15, 0.2) is 0 Å². The topological polar surface area (TPSA) is 49.8 Å². The molecule has 1 heterocycles. The van der Waals surface area contributed by atoms with Crippen LogP contribution in [0.4, 0.5) is 0 Å². The van der Waals surface area contributed by atoms with E-state index < -0.39 is 6.61 Å². The van der Waals surface area contributed by atoms with Crippen LogP contribution in [0.1, 0.15) is 14.8 Å². The number of nitrogens with zero attached hydrogens (tertiary/aromatic N) is 1. The molecule has 1 aliphatic heterocycles. The summed E-state index contributed by atoms with van der Waals surface area (Å²) in [5.74, 6) is -0.201. The Hall–Kier alpha value is -0.610. The maximum Gasteiger partial charge on any atom is 0.248 e. The van der Waals surface area contributed by atoms with Crippen molar-refractivity contribution in [1.82, 2.24) is 4.90 Å². The van der Waals surface area contributed by atoms with Gasteiger partial charge in [-0.15, -0.1) is 0 Å². The van der Waals surface area contributed by atoms with Gasteiger partial charge in [0.2, 0.25) is 5.91 Å². The second-order valence-corrected chi connectivity index (χ2v) is 3.01. The Morgan fingerprint density at radius 1 is 1.75 bits per heavy atom. The van der Waals surface area contributed by atoms with Crippen LogP contribution in [0.25, 0.3) is 0 Å². The zero-order chi connectivity index (χ0) is 8.97. The summed E-state index contributed by atoms with van der Waals surface area (Å²) in [6.07, 6.45) is 1.08. The number of amides is 1. The summed E-state index contributed by atoms with van der Waals surface area (Å²) in [6, 6.07) is 0. The van der Waals surface area contributed by atoms with Gasteiger partial charge in [-0.3, -0.25) is 4.79 Å². The SMILES string of the molecule is CC1CCN(C(=O)CO)CCO1.[HH]. The van der Waals surface area contributed by atoms with E-state index in [1.54, 1.807) is 4.90 Å². The summed E-state index contributed by atoms with van der Waals surface area (Å²) in [7, 11) is 0. The molecule has 0 aromatic heterocycles. The van der Waals surface area contributed by atoms with E-state index in [-0.39, 0.29) is 13.4 Å². The lowest BCUT2D eigenvalue weighted by Gasteiger charge is -2.17. The van der Waals surface area contributed by atoms with Gasteiger partial charge in [0.05, 0.1) is 12.7 Å².